The molecule has 1 aliphatic rings. The summed E-state index contributed by atoms with van der Waals surface area (Å²) in [5, 5.41) is 1.09. The summed E-state index contributed by atoms with van der Waals surface area (Å²) in [5.41, 5.74) is 3.23. The van der Waals surface area contributed by atoms with Gasteiger partial charge in [0.25, 0.3) is 0 Å². The van der Waals surface area contributed by atoms with Gasteiger partial charge in [0.05, 0.1) is 0 Å². The topological polar surface area (TPSA) is 22.0 Å². The normalized spacial score (nSPS) is 15.8. The van der Waals surface area contributed by atoms with Gasteiger partial charge in [-0.05, 0) is 31.9 Å². The van der Waals surface area contributed by atoms with Crippen LogP contribution in [0.5, 0.6) is 0 Å². The number of nitrogens with zero attached hydrogens (tertiary/aromatic N) is 1. The predicted octanol–water partition coefficient (Wildman–Crippen LogP) is 3.10. The van der Waals surface area contributed by atoms with Crippen molar-refractivity contribution in [1.82, 2.24) is 4.57 Å². The number of aromatic nitrogens is 1. The summed E-state index contributed by atoms with van der Waals surface area (Å²) in [5.74, 6) is 0. The van der Waals surface area contributed by atoms with E-state index in [0.29, 0.717) is 6.04 Å². The molecule has 1 aliphatic carbocycles. The van der Waals surface area contributed by atoms with Crippen LogP contribution in [0.4, 0.5) is 0 Å². The Bertz CT molecular complexity index is 535. The number of aryl methyl sites for hydroxylation is 1. The molecule has 15 heavy (non-hydrogen) atoms. The van der Waals surface area contributed by atoms with Crippen LogP contribution in [0.15, 0.2) is 24.4 Å². The molecule has 1 fully saturated rings. The van der Waals surface area contributed by atoms with Gasteiger partial charge in [-0.3, -0.25) is 4.79 Å². The zero-order chi connectivity index (χ0) is 10.4. The average molecular weight is 199 g/mol. The van der Waals surface area contributed by atoms with Gasteiger partial charge in [-0.1, -0.05) is 11.6 Å². The van der Waals surface area contributed by atoms with E-state index in [1.165, 1.54) is 23.9 Å². The third-order valence-corrected chi connectivity index (χ3v) is 3.09. The second kappa shape index (κ2) is 2.96. The molecule has 2 nitrogen and oxygen atoms in total. The number of rotatable bonds is 2. The molecule has 2 aromatic rings. The van der Waals surface area contributed by atoms with Crippen molar-refractivity contribution in [2.75, 3.05) is 0 Å². The highest BCUT2D eigenvalue weighted by atomic mass is 16.1. The predicted molar refractivity (Wildman–Crippen MR) is 60.3 cm³/mol. The Morgan fingerprint density at radius 2 is 2.20 bits per heavy atom. The van der Waals surface area contributed by atoms with Crippen molar-refractivity contribution in [2.45, 2.75) is 25.8 Å². The number of hydrogen-bond acceptors (Lipinski definition) is 1. The van der Waals surface area contributed by atoms with Crippen LogP contribution >= 0.6 is 0 Å². The molecule has 1 saturated carbocycles. The van der Waals surface area contributed by atoms with Crippen molar-refractivity contribution in [2.24, 2.45) is 0 Å². The highest BCUT2D eigenvalue weighted by molar-refractivity contribution is 5.98. The number of fused-ring (bicyclic) bond motifs is 1. The highest BCUT2D eigenvalue weighted by Gasteiger charge is 2.25. The standard InChI is InChI=1S/C13H13NO/c1-9-2-5-13-12(6-9)10(8-15)7-14(13)11-3-4-11/h2,5-8,11H,3-4H2,1H3. The molecule has 0 saturated heterocycles. The third-order valence-electron chi connectivity index (χ3n) is 3.09. The van der Waals surface area contributed by atoms with Crippen LogP contribution in [0.25, 0.3) is 10.9 Å². The zero-order valence-electron chi connectivity index (χ0n) is 8.73. The lowest BCUT2D eigenvalue weighted by molar-refractivity contribution is 0.112. The van der Waals surface area contributed by atoms with E-state index in [9.17, 15) is 4.79 Å². The Labute approximate surface area is 88.5 Å². The van der Waals surface area contributed by atoms with Crippen molar-refractivity contribution >= 4 is 17.2 Å². The Morgan fingerprint density at radius 3 is 2.87 bits per heavy atom. The Balaban J connectivity index is 2.33. The molecular weight excluding hydrogens is 186 g/mol. The summed E-state index contributed by atoms with van der Waals surface area (Å²) in [7, 11) is 0. The largest absolute Gasteiger partial charge is 0.344 e. The number of carbonyl (C=O) groups is 1. The van der Waals surface area contributed by atoms with Crippen LogP contribution in [0.3, 0.4) is 0 Å². The lowest BCUT2D eigenvalue weighted by Gasteiger charge is -2.01. The lowest BCUT2D eigenvalue weighted by Crippen LogP contribution is -1.89. The van der Waals surface area contributed by atoms with Crippen LogP contribution in [0, 0.1) is 6.92 Å². The van der Waals surface area contributed by atoms with E-state index in [-0.39, 0.29) is 0 Å². The molecule has 0 atom stereocenters. The highest BCUT2D eigenvalue weighted by Crippen LogP contribution is 2.38. The Morgan fingerprint density at radius 1 is 1.40 bits per heavy atom. The molecule has 0 aliphatic heterocycles. The molecule has 1 heterocycles. The molecule has 0 radical (unpaired) electrons. The molecule has 3 rings (SSSR count). The van der Waals surface area contributed by atoms with Crippen LogP contribution < -0.4 is 0 Å². The molecule has 2 heteroatoms. The molecule has 0 unspecified atom stereocenters. The van der Waals surface area contributed by atoms with E-state index >= 15 is 0 Å². The fraction of sp³-hybridized carbons (Fsp3) is 0.308. The minimum Gasteiger partial charge on any atom is -0.344 e. The molecule has 1 aromatic carbocycles. The first-order valence-electron chi connectivity index (χ1n) is 5.36. The van der Waals surface area contributed by atoms with Crippen molar-refractivity contribution in [3.05, 3.63) is 35.5 Å². The van der Waals surface area contributed by atoms with E-state index in [0.717, 1.165) is 17.2 Å². The van der Waals surface area contributed by atoms with Gasteiger partial charge in [-0.2, -0.15) is 0 Å². The summed E-state index contributed by atoms with van der Waals surface area (Å²) in [6, 6.07) is 6.95. The molecular formula is C13H13NO. The van der Waals surface area contributed by atoms with Crippen LogP contribution in [0.2, 0.25) is 0 Å². The van der Waals surface area contributed by atoms with Crippen LogP contribution in [-0.4, -0.2) is 10.9 Å². The second-order valence-electron chi connectivity index (χ2n) is 4.36. The quantitative estimate of drug-likeness (QED) is 0.681. The van der Waals surface area contributed by atoms with Crippen molar-refractivity contribution in [3.63, 3.8) is 0 Å². The maximum Gasteiger partial charge on any atom is 0.152 e. The minimum atomic E-state index is 0.629. The maximum atomic E-state index is 11.0. The number of aldehydes is 1. The molecule has 0 amide bonds. The first-order valence-corrected chi connectivity index (χ1v) is 5.36. The van der Waals surface area contributed by atoms with E-state index in [4.69, 9.17) is 0 Å². The van der Waals surface area contributed by atoms with Gasteiger partial charge in [0.2, 0.25) is 0 Å². The van der Waals surface area contributed by atoms with Gasteiger partial charge in [-0.15, -0.1) is 0 Å². The SMILES string of the molecule is Cc1ccc2c(c1)c(C=O)cn2C1CC1. The summed E-state index contributed by atoms with van der Waals surface area (Å²) in [6.45, 7) is 2.06. The van der Waals surface area contributed by atoms with Crippen LogP contribution in [0.1, 0.15) is 34.8 Å². The maximum absolute atomic E-state index is 11.0. The minimum absolute atomic E-state index is 0.629. The van der Waals surface area contributed by atoms with E-state index < -0.39 is 0 Å². The number of hydrogen-bond donors (Lipinski definition) is 0. The Kier molecular flexibility index (Phi) is 1.72. The molecule has 0 N–H and O–H groups in total. The smallest absolute Gasteiger partial charge is 0.152 e. The van der Waals surface area contributed by atoms with Gasteiger partial charge >= 0.3 is 0 Å². The summed E-state index contributed by atoms with van der Waals surface area (Å²) < 4.78 is 2.25. The summed E-state index contributed by atoms with van der Waals surface area (Å²) in [4.78, 5) is 11.0. The van der Waals surface area contributed by atoms with Gasteiger partial charge < -0.3 is 4.57 Å². The monoisotopic (exact) mass is 199 g/mol. The fourth-order valence-electron chi connectivity index (χ4n) is 2.14. The zero-order valence-corrected chi connectivity index (χ0v) is 8.73. The van der Waals surface area contributed by atoms with Crippen molar-refractivity contribution in [3.8, 4) is 0 Å². The van der Waals surface area contributed by atoms with E-state index in [1.807, 2.05) is 6.20 Å². The van der Waals surface area contributed by atoms with Gasteiger partial charge in [0.15, 0.2) is 6.29 Å². The molecule has 76 valence electrons. The Hall–Kier alpha value is -1.57. The molecule has 1 aromatic heterocycles. The lowest BCUT2D eigenvalue weighted by atomic mass is 10.1. The third kappa shape index (κ3) is 1.29. The fourth-order valence-corrected chi connectivity index (χ4v) is 2.14. The average Bonchev–Trinajstić information content (AvgIpc) is 3.01. The van der Waals surface area contributed by atoms with Gasteiger partial charge in [0.1, 0.15) is 0 Å². The first-order chi connectivity index (χ1) is 7.29. The van der Waals surface area contributed by atoms with E-state index in [2.05, 4.69) is 29.7 Å². The first kappa shape index (κ1) is 8.72. The molecule has 0 bridgehead atoms. The number of benzene rings is 1. The summed E-state index contributed by atoms with van der Waals surface area (Å²) in [6.07, 6.45) is 5.45. The van der Waals surface area contributed by atoms with Crippen LogP contribution in [-0.2, 0) is 0 Å². The second-order valence-corrected chi connectivity index (χ2v) is 4.36. The van der Waals surface area contributed by atoms with E-state index in [1.54, 1.807) is 0 Å². The number of carbonyl (C=O) groups excluding carboxylic acids is 1. The van der Waals surface area contributed by atoms with Gasteiger partial charge in [0, 0.05) is 28.7 Å². The van der Waals surface area contributed by atoms with Crippen molar-refractivity contribution < 1.29 is 4.79 Å². The summed E-state index contributed by atoms with van der Waals surface area (Å²) >= 11 is 0. The van der Waals surface area contributed by atoms with Crippen molar-refractivity contribution in [1.29, 1.82) is 0 Å². The molecule has 0 spiro atoms. The van der Waals surface area contributed by atoms with Gasteiger partial charge in [-0.25, -0.2) is 0 Å².